The lowest BCUT2D eigenvalue weighted by Crippen LogP contribution is -2.45. The van der Waals surface area contributed by atoms with E-state index >= 15 is 0 Å². The van der Waals surface area contributed by atoms with Gasteiger partial charge in [0.2, 0.25) is 0 Å². The number of aromatic nitrogens is 3. The third-order valence-electron chi connectivity index (χ3n) is 4.68. The summed E-state index contributed by atoms with van der Waals surface area (Å²) in [5.41, 5.74) is 0.149. The quantitative estimate of drug-likeness (QED) is 0.785. The van der Waals surface area contributed by atoms with Crippen LogP contribution >= 0.6 is 0 Å². The van der Waals surface area contributed by atoms with Crippen LogP contribution in [0.4, 0.5) is 0 Å². The highest BCUT2D eigenvalue weighted by atomic mass is 16.5. The van der Waals surface area contributed by atoms with E-state index in [1.165, 1.54) is 24.7 Å². The Morgan fingerprint density at radius 3 is 2.62 bits per heavy atom. The molecule has 26 heavy (non-hydrogen) atoms. The van der Waals surface area contributed by atoms with E-state index in [1.807, 2.05) is 12.1 Å². The molecule has 138 valence electrons. The Hall–Kier alpha value is -2.74. The molecule has 1 saturated heterocycles. The van der Waals surface area contributed by atoms with E-state index in [0.29, 0.717) is 32.5 Å². The molecule has 1 fully saturated rings. The van der Waals surface area contributed by atoms with Gasteiger partial charge in [0.1, 0.15) is 5.69 Å². The summed E-state index contributed by atoms with van der Waals surface area (Å²) in [6.07, 6.45) is 4.99. The fraction of sp³-hybridized carbons (Fsp3) is 0.444. The maximum atomic E-state index is 12.7. The summed E-state index contributed by atoms with van der Waals surface area (Å²) in [6, 6.07) is 5.05. The highest BCUT2D eigenvalue weighted by molar-refractivity contribution is 5.92. The van der Waals surface area contributed by atoms with Crippen molar-refractivity contribution in [3.63, 3.8) is 0 Å². The van der Waals surface area contributed by atoms with Crippen LogP contribution in [0.25, 0.3) is 0 Å². The lowest BCUT2D eigenvalue weighted by molar-refractivity contribution is -0.000718. The lowest BCUT2D eigenvalue weighted by atomic mass is 10.1. The van der Waals surface area contributed by atoms with Gasteiger partial charge in [-0.2, -0.15) is 0 Å². The smallest absolute Gasteiger partial charge is 0.331 e. The molecular formula is C18H22N4O4. The molecule has 3 heterocycles. The summed E-state index contributed by atoms with van der Waals surface area (Å²) >= 11 is 0. The van der Waals surface area contributed by atoms with Gasteiger partial charge in [0, 0.05) is 45.6 Å². The molecule has 0 atom stereocenters. The van der Waals surface area contributed by atoms with Crippen molar-refractivity contribution in [1.29, 1.82) is 0 Å². The van der Waals surface area contributed by atoms with Crippen LogP contribution in [0.3, 0.4) is 0 Å². The Morgan fingerprint density at radius 2 is 1.96 bits per heavy atom. The van der Waals surface area contributed by atoms with Crippen LogP contribution in [0.15, 0.2) is 40.2 Å². The minimum absolute atomic E-state index is 0.0757. The number of hydrogen-bond donors (Lipinski definition) is 0. The van der Waals surface area contributed by atoms with Gasteiger partial charge in [-0.25, -0.2) is 4.79 Å². The number of amides is 1. The van der Waals surface area contributed by atoms with Gasteiger partial charge in [0.05, 0.1) is 12.7 Å². The van der Waals surface area contributed by atoms with Gasteiger partial charge in [-0.05, 0) is 24.5 Å². The topological polar surface area (TPSA) is 86.4 Å². The van der Waals surface area contributed by atoms with Crippen molar-refractivity contribution in [2.24, 2.45) is 14.1 Å². The monoisotopic (exact) mass is 358 g/mol. The summed E-state index contributed by atoms with van der Waals surface area (Å²) < 4.78 is 8.09. The van der Waals surface area contributed by atoms with Crippen molar-refractivity contribution in [3.05, 3.63) is 62.7 Å². The molecule has 0 bridgehead atoms. The number of ether oxygens (including phenoxy) is 1. The Kier molecular flexibility index (Phi) is 5.32. The molecule has 0 saturated carbocycles. The highest BCUT2D eigenvalue weighted by Crippen LogP contribution is 2.17. The van der Waals surface area contributed by atoms with Gasteiger partial charge in [0.25, 0.3) is 11.5 Å². The summed E-state index contributed by atoms with van der Waals surface area (Å²) in [7, 11) is 2.89. The SMILES string of the molecule is Cn1c(C(=O)N2CCC(OCc3cccnc3)CC2)cc(=O)n(C)c1=O. The van der Waals surface area contributed by atoms with Crippen LogP contribution in [0.2, 0.25) is 0 Å². The van der Waals surface area contributed by atoms with Gasteiger partial charge in [-0.3, -0.25) is 23.7 Å². The van der Waals surface area contributed by atoms with Crippen LogP contribution in [0.1, 0.15) is 28.9 Å². The van der Waals surface area contributed by atoms with Crippen LogP contribution in [0.5, 0.6) is 0 Å². The number of carbonyl (C=O) groups excluding carboxylic acids is 1. The van der Waals surface area contributed by atoms with Crippen molar-refractivity contribution >= 4 is 5.91 Å². The normalized spacial score (nSPS) is 15.2. The Bertz CT molecular complexity index is 896. The first-order valence-corrected chi connectivity index (χ1v) is 8.54. The van der Waals surface area contributed by atoms with E-state index in [9.17, 15) is 14.4 Å². The number of hydrogen-bond acceptors (Lipinski definition) is 5. The lowest BCUT2D eigenvalue weighted by Gasteiger charge is -2.32. The molecule has 0 unspecified atom stereocenters. The first-order chi connectivity index (χ1) is 12.5. The van der Waals surface area contributed by atoms with E-state index in [2.05, 4.69) is 4.98 Å². The molecule has 0 aromatic carbocycles. The average molecular weight is 358 g/mol. The molecule has 1 aliphatic heterocycles. The van der Waals surface area contributed by atoms with Crippen LogP contribution < -0.4 is 11.2 Å². The second-order valence-electron chi connectivity index (χ2n) is 6.43. The van der Waals surface area contributed by atoms with Gasteiger partial charge in [0.15, 0.2) is 0 Å². The molecule has 0 spiro atoms. The van der Waals surface area contributed by atoms with E-state index in [1.54, 1.807) is 17.3 Å². The van der Waals surface area contributed by atoms with Gasteiger partial charge in [-0.1, -0.05) is 6.07 Å². The van der Waals surface area contributed by atoms with Crippen molar-refractivity contribution in [3.8, 4) is 0 Å². The van der Waals surface area contributed by atoms with Gasteiger partial charge < -0.3 is 9.64 Å². The minimum Gasteiger partial charge on any atom is -0.373 e. The van der Waals surface area contributed by atoms with E-state index in [0.717, 1.165) is 10.1 Å². The number of rotatable bonds is 4. The first kappa shape index (κ1) is 18.1. The number of carbonyl (C=O) groups is 1. The molecule has 0 N–H and O–H groups in total. The standard InChI is InChI=1S/C18H22N4O4/c1-20-15(10-16(23)21(2)18(20)25)17(24)22-8-5-14(6-9-22)26-12-13-4-3-7-19-11-13/h3-4,7,10-11,14H,5-6,8-9,12H2,1-2H3. The van der Waals surface area contributed by atoms with Gasteiger partial charge >= 0.3 is 5.69 Å². The first-order valence-electron chi connectivity index (χ1n) is 8.54. The van der Waals surface area contributed by atoms with Crippen LogP contribution in [-0.4, -0.2) is 44.1 Å². The summed E-state index contributed by atoms with van der Waals surface area (Å²) in [5.74, 6) is -0.298. The van der Waals surface area contributed by atoms with Crippen molar-refractivity contribution in [2.75, 3.05) is 13.1 Å². The molecule has 2 aromatic heterocycles. The Labute approximate surface area is 150 Å². The maximum absolute atomic E-state index is 12.7. The predicted octanol–water partition coefficient (Wildman–Crippen LogP) is 0.300. The van der Waals surface area contributed by atoms with Crippen LogP contribution in [0, 0.1) is 0 Å². The van der Waals surface area contributed by atoms with Crippen molar-refractivity contribution < 1.29 is 9.53 Å². The maximum Gasteiger partial charge on any atom is 0.331 e. The number of piperidine rings is 1. The summed E-state index contributed by atoms with van der Waals surface area (Å²) in [6.45, 7) is 1.55. The summed E-state index contributed by atoms with van der Waals surface area (Å²) in [4.78, 5) is 42.2. The number of nitrogens with zero attached hydrogens (tertiary/aromatic N) is 4. The zero-order valence-electron chi connectivity index (χ0n) is 14.9. The fourth-order valence-corrected chi connectivity index (χ4v) is 3.02. The average Bonchev–Trinajstić information content (AvgIpc) is 2.68. The Balaban J connectivity index is 1.61. The zero-order chi connectivity index (χ0) is 18.7. The third kappa shape index (κ3) is 3.75. The number of likely N-dealkylation sites (tertiary alicyclic amines) is 1. The largest absolute Gasteiger partial charge is 0.373 e. The van der Waals surface area contributed by atoms with E-state index < -0.39 is 11.2 Å². The minimum atomic E-state index is -0.504. The number of pyridine rings is 1. The van der Waals surface area contributed by atoms with Crippen molar-refractivity contribution in [1.82, 2.24) is 19.0 Å². The van der Waals surface area contributed by atoms with Crippen molar-refractivity contribution in [2.45, 2.75) is 25.6 Å². The zero-order valence-corrected chi connectivity index (χ0v) is 14.9. The molecular weight excluding hydrogens is 336 g/mol. The van der Waals surface area contributed by atoms with E-state index in [4.69, 9.17) is 4.74 Å². The van der Waals surface area contributed by atoms with Gasteiger partial charge in [-0.15, -0.1) is 0 Å². The molecule has 1 amide bonds. The Morgan fingerprint density at radius 1 is 1.23 bits per heavy atom. The van der Waals surface area contributed by atoms with Crippen LogP contribution in [-0.2, 0) is 25.4 Å². The molecule has 2 aromatic rings. The third-order valence-corrected chi connectivity index (χ3v) is 4.68. The molecule has 8 heteroatoms. The molecule has 0 aliphatic carbocycles. The second kappa shape index (κ2) is 7.65. The molecule has 8 nitrogen and oxygen atoms in total. The molecule has 3 rings (SSSR count). The highest BCUT2D eigenvalue weighted by Gasteiger charge is 2.26. The second-order valence-corrected chi connectivity index (χ2v) is 6.43. The fourth-order valence-electron chi connectivity index (χ4n) is 3.02. The summed E-state index contributed by atoms with van der Waals surface area (Å²) in [5, 5.41) is 0. The molecule has 1 aliphatic rings. The predicted molar refractivity (Wildman–Crippen MR) is 94.9 cm³/mol. The van der Waals surface area contributed by atoms with E-state index in [-0.39, 0.29) is 17.7 Å². The molecule has 0 radical (unpaired) electrons.